The van der Waals surface area contributed by atoms with E-state index in [4.69, 9.17) is 4.74 Å². The van der Waals surface area contributed by atoms with Crippen LogP contribution in [-0.2, 0) is 6.42 Å². The molecule has 3 aromatic rings. The summed E-state index contributed by atoms with van der Waals surface area (Å²) < 4.78 is 19.9. The Morgan fingerprint density at radius 2 is 2.07 bits per heavy atom. The van der Waals surface area contributed by atoms with Crippen LogP contribution in [0.1, 0.15) is 40.2 Å². The van der Waals surface area contributed by atoms with Gasteiger partial charge in [0.25, 0.3) is 0 Å². The maximum atomic E-state index is 14.1. The number of hydrogen-bond acceptors (Lipinski definition) is 3. The first-order chi connectivity index (χ1) is 13.6. The summed E-state index contributed by atoms with van der Waals surface area (Å²) in [5.41, 5.74) is 3.48. The van der Waals surface area contributed by atoms with Crippen molar-refractivity contribution in [2.75, 3.05) is 6.61 Å². The Morgan fingerprint density at radius 3 is 2.89 bits per heavy atom. The first-order valence-electron chi connectivity index (χ1n) is 9.31. The van der Waals surface area contributed by atoms with Gasteiger partial charge in [-0.1, -0.05) is 30.3 Å². The first-order valence-corrected chi connectivity index (χ1v) is 9.31. The summed E-state index contributed by atoms with van der Waals surface area (Å²) in [6, 6.07) is 14.1. The number of hydrogen-bond donors (Lipinski definition) is 1. The molecule has 1 aliphatic rings. The lowest BCUT2D eigenvalue weighted by atomic mass is 9.86. The second kappa shape index (κ2) is 7.80. The molecule has 28 heavy (non-hydrogen) atoms. The van der Waals surface area contributed by atoms with Crippen molar-refractivity contribution in [1.29, 1.82) is 0 Å². The van der Waals surface area contributed by atoms with Gasteiger partial charge in [0.15, 0.2) is 0 Å². The number of halogens is 1. The van der Waals surface area contributed by atoms with Gasteiger partial charge in [0.05, 0.1) is 12.2 Å². The number of rotatable bonds is 5. The molecule has 0 saturated heterocycles. The molecule has 0 spiro atoms. The molecule has 1 aromatic heterocycles. The molecule has 1 atom stereocenters. The van der Waals surface area contributed by atoms with Crippen LogP contribution in [0.25, 0.3) is 11.1 Å². The molecule has 142 valence electrons. The minimum atomic E-state index is -0.931. The van der Waals surface area contributed by atoms with Gasteiger partial charge in [-0.25, -0.2) is 9.18 Å². The molecule has 5 heteroatoms. The third-order valence-electron chi connectivity index (χ3n) is 5.26. The lowest BCUT2D eigenvalue weighted by Crippen LogP contribution is -2.15. The molecule has 2 aromatic carbocycles. The van der Waals surface area contributed by atoms with Crippen LogP contribution < -0.4 is 4.74 Å². The number of aromatic carboxylic acids is 1. The maximum absolute atomic E-state index is 14.1. The van der Waals surface area contributed by atoms with Crippen LogP contribution in [-0.4, -0.2) is 22.7 Å². The summed E-state index contributed by atoms with van der Waals surface area (Å²) in [4.78, 5) is 15.5. The van der Waals surface area contributed by atoms with Crippen molar-refractivity contribution in [3.8, 4) is 16.9 Å². The van der Waals surface area contributed by atoms with E-state index in [1.54, 1.807) is 18.3 Å². The van der Waals surface area contributed by atoms with E-state index in [0.29, 0.717) is 24.2 Å². The fourth-order valence-electron chi connectivity index (χ4n) is 3.79. The highest BCUT2D eigenvalue weighted by Crippen LogP contribution is 2.39. The first kappa shape index (κ1) is 18.2. The monoisotopic (exact) mass is 377 g/mol. The van der Waals surface area contributed by atoms with Crippen molar-refractivity contribution in [2.45, 2.75) is 25.2 Å². The van der Waals surface area contributed by atoms with Gasteiger partial charge in [0.2, 0.25) is 0 Å². The van der Waals surface area contributed by atoms with Crippen molar-refractivity contribution >= 4 is 5.97 Å². The third kappa shape index (κ3) is 3.60. The standard InChI is InChI=1S/C23H20FNO3/c24-21-4-2-1-3-18(21)16-7-8-19-15(10-12-28-22(19)13-16)5-6-17-14-25-11-9-20(17)23(26)27/h1-4,7-9,11,13-15H,5-6,10,12H2,(H,26,27). The summed E-state index contributed by atoms with van der Waals surface area (Å²) in [7, 11) is 0. The Labute approximate surface area is 162 Å². The zero-order valence-corrected chi connectivity index (χ0v) is 15.3. The van der Waals surface area contributed by atoms with E-state index in [2.05, 4.69) is 4.98 Å². The highest BCUT2D eigenvalue weighted by atomic mass is 19.1. The SMILES string of the molecule is O=C(O)c1ccncc1CCC1CCOc2cc(-c3ccccc3F)ccc21. The van der Waals surface area contributed by atoms with Crippen LogP contribution in [0.15, 0.2) is 60.9 Å². The fraction of sp³-hybridized carbons (Fsp3) is 0.217. The molecule has 1 unspecified atom stereocenters. The van der Waals surface area contributed by atoms with Gasteiger partial charge in [-0.05, 0) is 60.1 Å². The van der Waals surface area contributed by atoms with Crippen LogP contribution in [0, 0.1) is 5.82 Å². The zero-order valence-electron chi connectivity index (χ0n) is 15.3. The van der Waals surface area contributed by atoms with Gasteiger partial charge in [0.1, 0.15) is 11.6 Å². The topological polar surface area (TPSA) is 59.4 Å². The normalized spacial score (nSPS) is 15.5. The van der Waals surface area contributed by atoms with Crippen molar-refractivity contribution in [3.63, 3.8) is 0 Å². The zero-order chi connectivity index (χ0) is 19.5. The Balaban J connectivity index is 1.57. The second-order valence-corrected chi connectivity index (χ2v) is 6.94. The minimum Gasteiger partial charge on any atom is -0.493 e. The van der Waals surface area contributed by atoms with E-state index in [9.17, 15) is 14.3 Å². The molecule has 0 aliphatic carbocycles. The molecule has 0 amide bonds. The Hall–Kier alpha value is -3.21. The molecule has 0 fully saturated rings. The predicted molar refractivity (Wildman–Crippen MR) is 104 cm³/mol. The highest BCUT2D eigenvalue weighted by Gasteiger charge is 2.23. The van der Waals surface area contributed by atoms with Crippen molar-refractivity contribution in [1.82, 2.24) is 4.98 Å². The lowest BCUT2D eigenvalue weighted by molar-refractivity contribution is 0.0695. The van der Waals surface area contributed by atoms with E-state index >= 15 is 0 Å². The van der Waals surface area contributed by atoms with E-state index in [1.165, 1.54) is 18.3 Å². The number of pyridine rings is 1. The van der Waals surface area contributed by atoms with Crippen LogP contribution in [0.2, 0.25) is 0 Å². The molecule has 0 bridgehead atoms. The summed E-state index contributed by atoms with van der Waals surface area (Å²) in [6.45, 7) is 0.594. The van der Waals surface area contributed by atoms with E-state index in [1.807, 2.05) is 24.3 Å². The van der Waals surface area contributed by atoms with Gasteiger partial charge in [0, 0.05) is 18.0 Å². The average Bonchev–Trinajstić information content (AvgIpc) is 2.72. The number of carboxylic acid groups (broad SMARTS) is 1. The minimum absolute atomic E-state index is 0.257. The number of nitrogens with zero attached hydrogens (tertiary/aromatic N) is 1. The van der Waals surface area contributed by atoms with Crippen LogP contribution in [0.4, 0.5) is 4.39 Å². The smallest absolute Gasteiger partial charge is 0.336 e. The van der Waals surface area contributed by atoms with Gasteiger partial charge in [-0.15, -0.1) is 0 Å². The summed E-state index contributed by atoms with van der Waals surface area (Å²) >= 11 is 0. The molecule has 2 heterocycles. The lowest BCUT2D eigenvalue weighted by Gasteiger charge is -2.26. The molecule has 4 rings (SSSR count). The Kier molecular flexibility index (Phi) is 5.06. The highest BCUT2D eigenvalue weighted by molar-refractivity contribution is 5.89. The van der Waals surface area contributed by atoms with E-state index in [0.717, 1.165) is 35.3 Å². The van der Waals surface area contributed by atoms with Gasteiger partial charge in [-0.3, -0.25) is 4.98 Å². The number of aryl methyl sites for hydroxylation is 1. The van der Waals surface area contributed by atoms with Crippen molar-refractivity contribution in [2.24, 2.45) is 0 Å². The Morgan fingerprint density at radius 1 is 1.21 bits per heavy atom. The number of aromatic nitrogens is 1. The maximum Gasteiger partial charge on any atom is 0.336 e. The quantitative estimate of drug-likeness (QED) is 0.673. The van der Waals surface area contributed by atoms with Crippen LogP contribution in [0.3, 0.4) is 0 Å². The number of carbonyl (C=O) groups is 1. The fourth-order valence-corrected chi connectivity index (χ4v) is 3.79. The van der Waals surface area contributed by atoms with E-state index in [-0.39, 0.29) is 11.7 Å². The summed E-state index contributed by atoms with van der Waals surface area (Å²) in [6.07, 6.45) is 5.44. The van der Waals surface area contributed by atoms with Crippen LogP contribution >= 0.6 is 0 Å². The van der Waals surface area contributed by atoms with Crippen molar-refractivity contribution < 1.29 is 19.0 Å². The molecular weight excluding hydrogens is 357 g/mol. The molecule has 0 saturated carbocycles. The number of fused-ring (bicyclic) bond motifs is 1. The number of ether oxygens (including phenoxy) is 1. The number of benzene rings is 2. The molecule has 1 N–H and O–H groups in total. The van der Waals surface area contributed by atoms with Gasteiger partial charge >= 0.3 is 5.97 Å². The molecule has 1 aliphatic heterocycles. The van der Waals surface area contributed by atoms with Crippen molar-refractivity contribution in [3.05, 3.63) is 83.4 Å². The van der Waals surface area contributed by atoms with Crippen LogP contribution in [0.5, 0.6) is 5.75 Å². The predicted octanol–water partition coefficient (Wildman–Crippen LogP) is 5.08. The summed E-state index contributed by atoms with van der Waals surface area (Å²) in [5.74, 6) is -0.145. The third-order valence-corrected chi connectivity index (χ3v) is 5.26. The molecular formula is C23H20FNO3. The molecule has 0 radical (unpaired) electrons. The molecule has 4 nitrogen and oxygen atoms in total. The van der Waals surface area contributed by atoms with E-state index < -0.39 is 5.97 Å². The van der Waals surface area contributed by atoms with Gasteiger partial charge in [-0.2, -0.15) is 0 Å². The largest absolute Gasteiger partial charge is 0.493 e. The summed E-state index contributed by atoms with van der Waals surface area (Å²) in [5, 5.41) is 9.34. The van der Waals surface area contributed by atoms with Gasteiger partial charge < -0.3 is 9.84 Å². The Bertz CT molecular complexity index is 1020. The number of carboxylic acids is 1. The second-order valence-electron chi connectivity index (χ2n) is 6.94. The average molecular weight is 377 g/mol.